The Bertz CT molecular complexity index is 591. The Morgan fingerprint density at radius 3 is 2.62 bits per heavy atom. The smallest absolute Gasteiger partial charge is 0.404 e. The highest BCUT2D eigenvalue weighted by Crippen LogP contribution is 2.16. The van der Waals surface area contributed by atoms with Crippen LogP contribution < -0.4 is 16.0 Å². The van der Waals surface area contributed by atoms with E-state index in [0.717, 1.165) is 0 Å². The van der Waals surface area contributed by atoms with Crippen LogP contribution in [0.1, 0.15) is 26.7 Å². The first-order valence-corrected chi connectivity index (χ1v) is 7.58. The van der Waals surface area contributed by atoms with E-state index in [1.165, 1.54) is 18.2 Å². The van der Waals surface area contributed by atoms with Crippen LogP contribution in [0.5, 0.6) is 0 Å². The van der Waals surface area contributed by atoms with Crippen LogP contribution >= 0.6 is 0 Å². The van der Waals surface area contributed by atoms with Crippen LogP contribution in [0.15, 0.2) is 24.3 Å². The van der Waals surface area contributed by atoms with Crippen LogP contribution in [-0.4, -0.2) is 34.7 Å². The predicted octanol–water partition coefficient (Wildman–Crippen LogP) is 2.79. The Labute approximate surface area is 139 Å². The molecule has 0 aliphatic heterocycles. The van der Waals surface area contributed by atoms with Gasteiger partial charge in [0.15, 0.2) is 0 Å². The molecule has 0 aliphatic rings. The van der Waals surface area contributed by atoms with Crippen molar-refractivity contribution in [1.29, 1.82) is 0 Å². The van der Waals surface area contributed by atoms with Crippen LogP contribution in [0.25, 0.3) is 0 Å². The summed E-state index contributed by atoms with van der Waals surface area (Å²) in [7, 11) is 0. The molecule has 3 amide bonds. The largest absolute Gasteiger partial charge is 0.465 e. The summed E-state index contributed by atoms with van der Waals surface area (Å²) >= 11 is 0. The molecule has 0 spiro atoms. The lowest BCUT2D eigenvalue weighted by molar-refractivity contribution is -0.384. The Kier molecular flexibility index (Phi) is 7.47. The van der Waals surface area contributed by atoms with E-state index >= 15 is 0 Å². The SMILES string of the molecule is CC(C)C(CCCNC(=O)Nc1cccc([N+](=O)[O-])c1)NC(=O)O. The fourth-order valence-corrected chi connectivity index (χ4v) is 2.13. The summed E-state index contributed by atoms with van der Waals surface area (Å²) < 4.78 is 0. The van der Waals surface area contributed by atoms with Gasteiger partial charge in [0.05, 0.1) is 4.92 Å². The molecule has 1 atom stereocenters. The second-order valence-corrected chi connectivity index (χ2v) is 5.63. The van der Waals surface area contributed by atoms with Gasteiger partial charge in [0.1, 0.15) is 0 Å². The molecule has 1 unspecified atom stereocenters. The number of nitrogens with one attached hydrogen (secondary N) is 3. The number of rotatable bonds is 8. The van der Waals surface area contributed by atoms with E-state index in [0.29, 0.717) is 25.1 Å². The number of amides is 3. The number of carbonyl (C=O) groups excluding carboxylic acids is 1. The molecule has 1 rings (SSSR count). The van der Waals surface area contributed by atoms with Crippen molar-refractivity contribution < 1.29 is 19.6 Å². The van der Waals surface area contributed by atoms with Crippen molar-refractivity contribution >= 4 is 23.5 Å². The van der Waals surface area contributed by atoms with Gasteiger partial charge in [-0.25, -0.2) is 9.59 Å². The zero-order valence-corrected chi connectivity index (χ0v) is 13.6. The Balaban J connectivity index is 2.37. The molecular weight excluding hydrogens is 316 g/mol. The number of urea groups is 1. The average molecular weight is 338 g/mol. The van der Waals surface area contributed by atoms with E-state index in [9.17, 15) is 19.7 Å². The van der Waals surface area contributed by atoms with Crippen LogP contribution in [0.3, 0.4) is 0 Å². The number of anilines is 1. The molecule has 0 bridgehead atoms. The number of hydrogen-bond donors (Lipinski definition) is 4. The highest BCUT2D eigenvalue weighted by Gasteiger charge is 2.15. The second-order valence-electron chi connectivity index (χ2n) is 5.63. The van der Waals surface area contributed by atoms with Crippen molar-refractivity contribution in [3.63, 3.8) is 0 Å². The van der Waals surface area contributed by atoms with E-state index < -0.39 is 17.0 Å². The molecule has 0 radical (unpaired) electrons. The van der Waals surface area contributed by atoms with Gasteiger partial charge < -0.3 is 21.1 Å². The third kappa shape index (κ3) is 6.95. The van der Waals surface area contributed by atoms with E-state index in [-0.39, 0.29) is 17.6 Å². The van der Waals surface area contributed by atoms with Crippen molar-refractivity contribution in [2.75, 3.05) is 11.9 Å². The van der Waals surface area contributed by atoms with E-state index in [1.807, 2.05) is 13.8 Å². The highest BCUT2D eigenvalue weighted by atomic mass is 16.6. The third-order valence-electron chi connectivity index (χ3n) is 3.41. The fourth-order valence-electron chi connectivity index (χ4n) is 2.13. The quantitative estimate of drug-likeness (QED) is 0.328. The zero-order chi connectivity index (χ0) is 18.1. The molecule has 1 aromatic rings. The van der Waals surface area contributed by atoms with Crippen LogP contribution in [0.4, 0.5) is 21.0 Å². The Morgan fingerprint density at radius 2 is 2.04 bits per heavy atom. The lowest BCUT2D eigenvalue weighted by atomic mass is 9.99. The topological polar surface area (TPSA) is 134 Å². The average Bonchev–Trinajstić information content (AvgIpc) is 2.50. The van der Waals surface area contributed by atoms with Crippen LogP contribution in [0, 0.1) is 16.0 Å². The van der Waals surface area contributed by atoms with Gasteiger partial charge in [0, 0.05) is 30.4 Å². The van der Waals surface area contributed by atoms with Gasteiger partial charge in [0.2, 0.25) is 0 Å². The number of benzene rings is 1. The number of hydrogen-bond acceptors (Lipinski definition) is 4. The molecule has 0 saturated heterocycles. The molecule has 24 heavy (non-hydrogen) atoms. The second kappa shape index (κ2) is 9.33. The van der Waals surface area contributed by atoms with E-state index in [4.69, 9.17) is 5.11 Å². The maximum Gasteiger partial charge on any atom is 0.404 e. The predicted molar refractivity (Wildman–Crippen MR) is 89.1 cm³/mol. The molecule has 9 heteroatoms. The molecule has 0 fully saturated rings. The molecular formula is C15H22N4O5. The fraction of sp³-hybridized carbons (Fsp3) is 0.467. The molecule has 0 aliphatic carbocycles. The zero-order valence-electron chi connectivity index (χ0n) is 13.6. The van der Waals surface area contributed by atoms with E-state index in [2.05, 4.69) is 16.0 Å². The number of carboxylic acid groups (broad SMARTS) is 1. The number of nitro benzene ring substituents is 1. The van der Waals surface area contributed by atoms with Gasteiger partial charge in [-0.15, -0.1) is 0 Å². The van der Waals surface area contributed by atoms with Gasteiger partial charge >= 0.3 is 12.1 Å². The summed E-state index contributed by atoms with van der Waals surface area (Å²) in [6, 6.07) is 5.00. The van der Waals surface area contributed by atoms with Gasteiger partial charge in [-0.3, -0.25) is 10.1 Å². The lowest BCUT2D eigenvalue weighted by Crippen LogP contribution is -2.38. The van der Waals surface area contributed by atoms with Gasteiger partial charge in [-0.05, 0) is 24.8 Å². The summed E-state index contributed by atoms with van der Waals surface area (Å²) in [5, 5.41) is 27.0. The normalized spacial score (nSPS) is 11.6. The summed E-state index contributed by atoms with van der Waals surface area (Å²) in [6.07, 6.45) is 0.136. The lowest BCUT2D eigenvalue weighted by Gasteiger charge is -2.20. The molecule has 0 heterocycles. The third-order valence-corrected chi connectivity index (χ3v) is 3.41. The minimum atomic E-state index is -1.06. The molecule has 4 N–H and O–H groups in total. The molecule has 9 nitrogen and oxygen atoms in total. The monoisotopic (exact) mass is 338 g/mol. The first-order valence-electron chi connectivity index (χ1n) is 7.58. The van der Waals surface area contributed by atoms with Gasteiger partial charge in [-0.1, -0.05) is 19.9 Å². The van der Waals surface area contributed by atoms with Crippen molar-refractivity contribution in [2.24, 2.45) is 5.92 Å². The Hall–Kier alpha value is -2.84. The Morgan fingerprint density at radius 1 is 1.33 bits per heavy atom. The molecule has 132 valence electrons. The molecule has 0 saturated carbocycles. The summed E-state index contributed by atoms with van der Waals surface area (Å²) in [4.78, 5) is 32.6. The van der Waals surface area contributed by atoms with Crippen molar-refractivity contribution in [3.8, 4) is 0 Å². The molecule has 0 aromatic heterocycles. The summed E-state index contributed by atoms with van der Waals surface area (Å²) in [5.41, 5.74) is 0.224. The highest BCUT2D eigenvalue weighted by molar-refractivity contribution is 5.89. The number of nitrogens with zero attached hydrogens (tertiary/aromatic N) is 1. The molecule has 1 aromatic carbocycles. The van der Waals surface area contributed by atoms with Crippen molar-refractivity contribution in [3.05, 3.63) is 34.4 Å². The van der Waals surface area contributed by atoms with Gasteiger partial charge in [0.25, 0.3) is 5.69 Å². The minimum absolute atomic E-state index is 0.104. The van der Waals surface area contributed by atoms with Crippen LogP contribution in [0.2, 0.25) is 0 Å². The number of non-ortho nitro benzene ring substituents is 1. The standard InChI is InChI=1S/C15H22N4O5/c1-10(2)13(18-15(21)22)7-4-8-16-14(20)17-11-5-3-6-12(9-11)19(23)24/h3,5-6,9-10,13,18H,4,7-8H2,1-2H3,(H,21,22)(H2,16,17,20). The first-order chi connectivity index (χ1) is 11.3. The number of carbonyl (C=O) groups is 2. The van der Waals surface area contributed by atoms with Crippen molar-refractivity contribution in [2.45, 2.75) is 32.7 Å². The minimum Gasteiger partial charge on any atom is -0.465 e. The van der Waals surface area contributed by atoms with Crippen molar-refractivity contribution in [1.82, 2.24) is 10.6 Å². The van der Waals surface area contributed by atoms with Crippen LogP contribution in [-0.2, 0) is 0 Å². The number of nitro groups is 1. The maximum atomic E-state index is 11.7. The maximum absolute atomic E-state index is 11.7. The summed E-state index contributed by atoms with van der Waals surface area (Å²) in [6.45, 7) is 4.21. The first kappa shape index (κ1) is 19.2. The summed E-state index contributed by atoms with van der Waals surface area (Å²) in [5.74, 6) is 0.153. The van der Waals surface area contributed by atoms with E-state index in [1.54, 1.807) is 6.07 Å². The van der Waals surface area contributed by atoms with Gasteiger partial charge in [-0.2, -0.15) is 0 Å².